The number of carbonyl (C=O) groups is 2. The highest BCUT2D eigenvalue weighted by molar-refractivity contribution is 7.89. The predicted octanol–water partition coefficient (Wildman–Crippen LogP) is 0.00920. The molecule has 2 N–H and O–H groups in total. The van der Waals surface area contributed by atoms with Gasteiger partial charge < -0.3 is 5.32 Å². The van der Waals surface area contributed by atoms with Gasteiger partial charge in [-0.2, -0.15) is 0 Å². The SMILES string of the molecule is O=C1NC(=O)C2(CCN(S(=O)(=O)CCCCCl)CC2)N1. The van der Waals surface area contributed by atoms with Gasteiger partial charge in [-0.05, 0) is 25.7 Å². The van der Waals surface area contributed by atoms with Crippen molar-refractivity contribution in [3.8, 4) is 0 Å². The van der Waals surface area contributed by atoms with E-state index in [2.05, 4.69) is 10.6 Å². The maximum absolute atomic E-state index is 12.1. The molecule has 2 fully saturated rings. The second kappa shape index (κ2) is 5.87. The molecular weight excluding hydrogens is 306 g/mol. The molecule has 7 nitrogen and oxygen atoms in total. The van der Waals surface area contributed by atoms with Crippen LogP contribution < -0.4 is 10.6 Å². The highest BCUT2D eigenvalue weighted by atomic mass is 35.5. The van der Waals surface area contributed by atoms with Gasteiger partial charge in [0.05, 0.1) is 5.75 Å². The lowest BCUT2D eigenvalue weighted by molar-refractivity contribution is -0.125. The minimum atomic E-state index is -3.30. The molecule has 0 aromatic rings. The Morgan fingerprint density at radius 1 is 1.20 bits per heavy atom. The van der Waals surface area contributed by atoms with Crippen LogP contribution in [0.25, 0.3) is 0 Å². The van der Waals surface area contributed by atoms with E-state index in [-0.39, 0.29) is 24.7 Å². The molecule has 0 bridgehead atoms. The Hall–Kier alpha value is -0.860. The molecule has 0 saturated carbocycles. The third-order valence-corrected chi connectivity index (χ3v) is 5.99. The topological polar surface area (TPSA) is 95.6 Å². The van der Waals surface area contributed by atoms with Crippen molar-refractivity contribution in [2.45, 2.75) is 31.2 Å². The number of nitrogens with one attached hydrogen (secondary N) is 2. The Morgan fingerprint density at radius 2 is 1.85 bits per heavy atom. The van der Waals surface area contributed by atoms with Crippen LogP contribution in [0, 0.1) is 0 Å². The number of urea groups is 1. The Balaban J connectivity index is 1.94. The van der Waals surface area contributed by atoms with Crippen molar-refractivity contribution in [1.82, 2.24) is 14.9 Å². The van der Waals surface area contributed by atoms with Gasteiger partial charge in [0, 0.05) is 19.0 Å². The first-order chi connectivity index (χ1) is 9.39. The number of amides is 3. The number of alkyl halides is 1. The zero-order valence-corrected chi connectivity index (χ0v) is 12.6. The molecular formula is C11H18ClN3O4S. The van der Waals surface area contributed by atoms with E-state index in [1.165, 1.54) is 4.31 Å². The third kappa shape index (κ3) is 3.07. The lowest BCUT2D eigenvalue weighted by Crippen LogP contribution is -2.55. The summed E-state index contributed by atoms with van der Waals surface area (Å²) in [5.41, 5.74) is -0.931. The fourth-order valence-electron chi connectivity index (χ4n) is 2.53. The summed E-state index contributed by atoms with van der Waals surface area (Å²) < 4.78 is 25.6. The molecule has 9 heteroatoms. The van der Waals surface area contributed by atoms with Crippen molar-refractivity contribution in [3.05, 3.63) is 0 Å². The number of hydrogen-bond donors (Lipinski definition) is 2. The van der Waals surface area contributed by atoms with Gasteiger partial charge in [-0.25, -0.2) is 17.5 Å². The number of nitrogens with zero attached hydrogens (tertiary/aromatic N) is 1. The quantitative estimate of drug-likeness (QED) is 0.423. The first kappa shape index (κ1) is 15.5. The second-order valence-electron chi connectivity index (χ2n) is 5.10. The Bertz CT molecular complexity index is 500. The zero-order chi connectivity index (χ0) is 14.8. The summed E-state index contributed by atoms with van der Waals surface area (Å²) in [4.78, 5) is 22.9. The van der Waals surface area contributed by atoms with E-state index in [0.717, 1.165) is 0 Å². The number of unbranched alkanes of at least 4 members (excludes halogenated alkanes) is 1. The van der Waals surface area contributed by atoms with Crippen molar-refractivity contribution >= 4 is 33.6 Å². The molecule has 0 unspecified atom stereocenters. The van der Waals surface area contributed by atoms with Crippen molar-refractivity contribution < 1.29 is 18.0 Å². The Kier molecular flexibility index (Phi) is 4.55. The van der Waals surface area contributed by atoms with Crippen LogP contribution in [-0.2, 0) is 14.8 Å². The average Bonchev–Trinajstić information content (AvgIpc) is 2.65. The van der Waals surface area contributed by atoms with Crippen LogP contribution in [0.3, 0.4) is 0 Å². The smallest absolute Gasteiger partial charge is 0.322 e. The number of carbonyl (C=O) groups excluding carboxylic acids is 2. The van der Waals surface area contributed by atoms with Gasteiger partial charge in [-0.1, -0.05) is 0 Å². The van der Waals surface area contributed by atoms with Crippen LogP contribution in [0.5, 0.6) is 0 Å². The molecule has 0 aromatic heterocycles. The van der Waals surface area contributed by atoms with Crippen LogP contribution in [0.15, 0.2) is 0 Å². The Labute approximate surface area is 123 Å². The molecule has 1 spiro atoms. The van der Waals surface area contributed by atoms with Gasteiger partial charge in [0.25, 0.3) is 5.91 Å². The largest absolute Gasteiger partial charge is 0.323 e. The molecule has 2 rings (SSSR count). The van der Waals surface area contributed by atoms with E-state index in [9.17, 15) is 18.0 Å². The van der Waals surface area contributed by atoms with Gasteiger partial charge in [0.15, 0.2) is 0 Å². The minimum Gasteiger partial charge on any atom is -0.323 e. The van der Waals surface area contributed by atoms with E-state index < -0.39 is 21.6 Å². The van der Waals surface area contributed by atoms with E-state index in [1.807, 2.05) is 0 Å². The molecule has 2 aliphatic heterocycles. The summed E-state index contributed by atoms with van der Waals surface area (Å²) in [7, 11) is -3.30. The van der Waals surface area contributed by atoms with Gasteiger partial charge in [-0.3, -0.25) is 10.1 Å². The van der Waals surface area contributed by atoms with Gasteiger partial charge in [0.1, 0.15) is 5.54 Å². The van der Waals surface area contributed by atoms with Crippen molar-refractivity contribution in [3.63, 3.8) is 0 Å². The molecule has 2 heterocycles. The minimum absolute atomic E-state index is 0.0747. The van der Waals surface area contributed by atoms with Crippen LogP contribution in [0.2, 0.25) is 0 Å². The Morgan fingerprint density at radius 3 is 2.35 bits per heavy atom. The summed E-state index contributed by atoms with van der Waals surface area (Å²) in [5.74, 6) is 0.164. The van der Waals surface area contributed by atoms with Gasteiger partial charge in [-0.15, -0.1) is 11.6 Å². The average molecular weight is 324 g/mol. The summed E-state index contributed by atoms with van der Waals surface area (Å²) in [5, 5.41) is 4.81. The normalized spacial score (nSPS) is 22.9. The number of sulfonamides is 1. The van der Waals surface area contributed by atoms with E-state index in [0.29, 0.717) is 31.6 Å². The summed E-state index contributed by atoms with van der Waals surface area (Å²) in [6.45, 7) is 0.494. The molecule has 3 amide bonds. The highest BCUT2D eigenvalue weighted by Gasteiger charge is 2.49. The lowest BCUT2D eigenvalue weighted by Gasteiger charge is -2.36. The second-order valence-corrected chi connectivity index (χ2v) is 7.57. The maximum Gasteiger partial charge on any atom is 0.322 e. The van der Waals surface area contributed by atoms with Gasteiger partial charge in [0.2, 0.25) is 10.0 Å². The van der Waals surface area contributed by atoms with E-state index in [4.69, 9.17) is 11.6 Å². The summed E-state index contributed by atoms with van der Waals surface area (Å²) in [6, 6.07) is -0.506. The van der Waals surface area contributed by atoms with Crippen molar-refractivity contribution in [1.29, 1.82) is 0 Å². The lowest BCUT2D eigenvalue weighted by atomic mass is 9.89. The van der Waals surface area contributed by atoms with Gasteiger partial charge >= 0.3 is 6.03 Å². The van der Waals surface area contributed by atoms with Crippen LogP contribution in [-0.4, -0.2) is 54.9 Å². The van der Waals surface area contributed by atoms with E-state index in [1.54, 1.807) is 0 Å². The first-order valence-corrected chi connectivity index (χ1v) is 8.71. The maximum atomic E-state index is 12.1. The zero-order valence-electron chi connectivity index (χ0n) is 11.0. The van der Waals surface area contributed by atoms with Crippen LogP contribution in [0.1, 0.15) is 25.7 Å². The third-order valence-electron chi connectivity index (χ3n) is 3.77. The fourth-order valence-corrected chi connectivity index (χ4v) is 4.29. The molecule has 2 aliphatic rings. The molecule has 0 aromatic carbocycles. The first-order valence-electron chi connectivity index (χ1n) is 6.57. The number of imide groups is 1. The predicted molar refractivity (Wildman–Crippen MR) is 74.0 cm³/mol. The number of piperidine rings is 1. The molecule has 0 atom stereocenters. The van der Waals surface area contributed by atoms with Crippen LogP contribution >= 0.6 is 11.6 Å². The molecule has 0 radical (unpaired) electrons. The van der Waals surface area contributed by atoms with E-state index >= 15 is 0 Å². The number of hydrogen-bond acceptors (Lipinski definition) is 4. The van der Waals surface area contributed by atoms with Crippen molar-refractivity contribution in [2.75, 3.05) is 24.7 Å². The number of rotatable bonds is 5. The fraction of sp³-hybridized carbons (Fsp3) is 0.818. The molecule has 20 heavy (non-hydrogen) atoms. The highest BCUT2D eigenvalue weighted by Crippen LogP contribution is 2.27. The summed E-state index contributed by atoms with van der Waals surface area (Å²) >= 11 is 5.53. The standard InChI is InChI=1S/C11H18ClN3O4S/c12-5-1-2-8-20(18,19)15-6-3-11(4-7-15)9(16)13-10(17)14-11/h1-8H2,(H2,13,14,16,17). The molecule has 114 valence electrons. The van der Waals surface area contributed by atoms with Crippen molar-refractivity contribution in [2.24, 2.45) is 0 Å². The summed E-state index contributed by atoms with van der Waals surface area (Å²) in [6.07, 6.45) is 1.81. The molecule has 2 saturated heterocycles. The van der Waals surface area contributed by atoms with Crippen LogP contribution in [0.4, 0.5) is 4.79 Å². The molecule has 0 aliphatic carbocycles. The monoisotopic (exact) mass is 323 g/mol. The number of halogens is 1.